The van der Waals surface area contributed by atoms with Crippen LogP contribution in [0.4, 0.5) is 10.1 Å². The molecule has 1 aliphatic rings. The Labute approximate surface area is 159 Å². The summed E-state index contributed by atoms with van der Waals surface area (Å²) >= 11 is 0. The average Bonchev–Trinajstić information content (AvgIpc) is 3.10. The minimum Gasteiger partial charge on any atom is -0.478 e. The Morgan fingerprint density at radius 3 is 2.57 bits per heavy atom. The van der Waals surface area contributed by atoms with E-state index in [9.17, 15) is 24.2 Å². The van der Waals surface area contributed by atoms with Gasteiger partial charge in [0.05, 0.1) is 11.1 Å². The van der Waals surface area contributed by atoms with Crippen molar-refractivity contribution in [3.05, 3.63) is 83.2 Å². The number of aromatic nitrogens is 2. The molecule has 0 amide bonds. The van der Waals surface area contributed by atoms with Crippen molar-refractivity contribution >= 4 is 17.4 Å². The van der Waals surface area contributed by atoms with Crippen LogP contribution in [0.15, 0.2) is 54.9 Å². The second-order valence-corrected chi connectivity index (χ2v) is 6.61. The predicted molar refractivity (Wildman–Crippen MR) is 97.6 cm³/mol. The van der Waals surface area contributed by atoms with Gasteiger partial charge in [0.15, 0.2) is 5.60 Å². The fraction of sp³-hybridized carbons (Fsp3) is 0.150. The summed E-state index contributed by atoms with van der Waals surface area (Å²) in [4.78, 5) is 29.4. The Kier molecular flexibility index (Phi) is 4.01. The molecule has 2 heterocycles. The van der Waals surface area contributed by atoms with Crippen LogP contribution in [0, 0.1) is 5.82 Å². The van der Waals surface area contributed by atoms with Crippen molar-refractivity contribution in [1.29, 1.82) is 0 Å². The summed E-state index contributed by atoms with van der Waals surface area (Å²) in [5, 5.41) is 24.2. The first-order valence-electron chi connectivity index (χ1n) is 8.47. The van der Waals surface area contributed by atoms with Crippen LogP contribution >= 0.6 is 0 Å². The number of carbonyl (C=O) groups excluding carboxylic acids is 1. The Morgan fingerprint density at radius 1 is 1.25 bits per heavy atom. The maximum absolute atomic E-state index is 13.5. The number of aliphatic hydroxyl groups is 1. The van der Waals surface area contributed by atoms with E-state index in [0.29, 0.717) is 5.82 Å². The number of halogens is 1. The van der Waals surface area contributed by atoms with Crippen molar-refractivity contribution in [1.82, 2.24) is 9.55 Å². The Morgan fingerprint density at radius 2 is 1.96 bits per heavy atom. The minimum absolute atomic E-state index is 0.130. The van der Waals surface area contributed by atoms with Gasteiger partial charge in [-0.15, -0.1) is 0 Å². The zero-order valence-electron chi connectivity index (χ0n) is 14.8. The molecule has 0 radical (unpaired) electrons. The molecule has 7 nitrogen and oxygen atoms in total. The van der Waals surface area contributed by atoms with Crippen LogP contribution in [0.1, 0.15) is 38.1 Å². The third-order valence-electron chi connectivity index (χ3n) is 4.99. The maximum Gasteiger partial charge on any atom is 0.336 e. The SMILES string of the molecule is Cn1ccnc1C1Nc2cccc(C(=O)O)c2C(=O)C1(O)c1ccc(F)cc1. The van der Waals surface area contributed by atoms with E-state index in [1.165, 1.54) is 30.5 Å². The first-order valence-corrected chi connectivity index (χ1v) is 8.47. The molecule has 0 bridgehead atoms. The van der Waals surface area contributed by atoms with Crippen LogP contribution in [-0.2, 0) is 12.6 Å². The lowest BCUT2D eigenvalue weighted by Crippen LogP contribution is -2.49. The molecule has 3 N–H and O–H groups in total. The summed E-state index contributed by atoms with van der Waals surface area (Å²) in [5.74, 6) is -2.24. The van der Waals surface area contributed by atoms with Crippen LogP contribution in [-0.4, -0.2) is 31.5 Å². The van der Waals surface area contributed by atoms with Gasteiger partial charge in [0.1, 0.15) is 17.7 Å². The van der Waals surface area contributed by atoms with Crippen LogP contribution < -0.4 is 5.32 Å². The van der Waals surface area contributed by atoms with Crippen molar-refractivity contribution in [2.45, 2.75) is 11.6 Å². The molecule has 1 aliphatic heterocycles. The highest BCUT2D eigenvalue weighted by molar-refractivity contribution is 6.15. The highest BCUT2D eigenvalue weighted by Crippen LogP contribution is 2.45. The number of imidazole rings is 1. The molecular weight excluding hydrogens is 365 g/mol. The van der Waals surface area contributed by atoms with Gasteiger partial charge in [0.2, 0.25) is 5.78 Å². The number of aryl methyl sites for hydroxylation is 1. The first-order chi connectivity index (χ1) is 13.3. The molecule has 2 aromatic carbocycles. The van der Waals surface area contributed by atoms with Crippen LogP contribution in [0.2, 0.25) is 0 Å². The number of rotatable bonds is 3. The molecule has 1 aromatic heterocycles. The van der Waals surface area contributed by atoms with Crippen LogP contribution in [0.25, 0.3) is 0 Å². The number of hydrogen-bond acceptors (Lipinski definition) is 5. The van der Waals surface area contributed by atoms with Gasteiger partial charge in [0.25, 0.3) is 0 Å². The topological polar surface area (TPSA) is 104 Å². The third kappa shape index (κ3) is 2.49. The minimum atomic E-state index is -2.19. The van der Waals surface area contributed by atoms with Gasteiger partial charge in [-0.05, 0) is 29.8 Å². The van der Waals surface area contributed by atoms with E-state index in [0.717, 1.165) is 12.1 Å². The standard InChI is InChI=1S/C20H16FN3O4/c1-24-10-9-22-18(24)16-20(28,11-5-7-12(21)8-6-11)17(25)15-13(19(26)27)3-2-4-14(15)23-16/h2-10,16,23,28H,1H3,(H,26,27). The molecule has 0 saturated carbocycles. The molecule has 8 heteroatoms. The molecule has 0 saturated heterocycles. The number of carboxylic acid groups (broad SMARTS) is 1. The number of carbonyl (C=O) groups is 2. The molecule has 28 heavy (non-hydrogen) atoms. The van der Waals surface area contributed by atoms with E-state index in [1.807, 2.05) is 0 Å². The number of Topliss-reactive ketones (excluding diaryl/α,β-unsaturated/α-hetero) is 1. The zero-order valence-corrected chi connectivity index (χ0v) is 14.8. The van der Waals surface area contributed by atoms with Gasteiger partial charge in [-0.3, -0.25) is 4.79 Å². The van der Waals surface area contributed by atoms with Gasteiger partial charge in [-0.1, -0.05) is 18.2 Å². The Bertz CT molecular complexity index is 1090. The summed E-state index contributed by atoms with van der Waals surface area (Å²) in [7, 11) is 1.71. The summed E-state index contributed by atoms with van der Waals surface area (Å²) in [6.07, 6.45) is 3.19. The van der Waals surface area contributed by atoms with Crippen LogP contribution in [0.5, 0.6) is 0 Å². The molecule has 142 valence electrons. The Hall–Kier alpha value is -3.52. The van der Waals surface area contributed by atoms with Gasteiger partial charge >= 0.3 is 5.97 Å². The van der Waals surface area contributed by atoms with Gasteiger partial charge in [-0.25, -0.2) is 14.2 Å². The molecule has 0 fully saturated rings. The number of ketones is 1. The lowest BCUT2D eigenvalue weighted by molar-refractivity contribution is 0.0143. The van der Waals surface area contributed by atoms with Crippen molar-refractivity contribution in [2.24, 2.45) is 7.05 Å². The van der Waals surface area contributed by atoms with Crippen molar-refractivity contribution in [3.63, 3.8) is 0 Å². The van der Waals surface area contributed by atoms with E-state index in [2.05, 4.69) is 10.3 Å². The van der Waals surface area contributed by atoms with Crippen molar-refractivity contribution in [2.75, 3.05) is 5.32 Å². The highest BCUT2D eigenvalue weighted by atomic mass is 19.1. The second kappa shape index (κ2) is 6.28. The molecule has 2 atom stereocenters. The summed E-state index contributed by atoms with van der Waals surface area (Å²) in [5.41, 5.74) is -2.14. The second-order valence-electron chi connectivity index (χ2n) is 6.61. The molecular formula is C20H16FN3O4. The number of carboxylic acids is 1. The summed E-state index contributed by atoms with van der Waals surface area (Å²) in [6.45, 7) is 0. The lowest BCUT2D eigenvalue weighted by Gasteiger charge is -2.40. The van der Waals surface area contributed by atoms with E-state index < -0.39 is 29.2 Å². The number of hydrogen-bond donors (Lipinski definition) is 3. The summed E-state index contributed by atoms with van der Waals surface area (Å²) < 4.78 is 15.1. The van der Waals surface area contributed by atoms with Gasteiger partial charge < -0.3 is 20.1 Å². The predicted octanol–water partition coefficient (Wildman–Crippen LogP) is 2.49. The quantitative estimate of drug-likeness (QED) is 0.644. The molecule has 4 rings (SSSR count). The van der Waals surface area contributed by atoms with Gasteiger partial charge in [0, 0.05) is 25.1 Å². The van der Waals surface area contributed by atoms with Crippen molar-refractivity contribution in [3.8, 4) is 0 Å². The van der Waals surface area contributed by atoms with Gasteiger partial charge in [-0.2, -0.15) is 0 Å². The highest BCUT2D eigenvalue weighted by Gasteiger charge is 2.53. The van der Waals surface area contributed by atoms with E-state index in [-0.39, 0.29) is 22.4 Å². The largest absolute Gasteiger partial charge is 0.478 e. The average molecular weight is 381 g/mol. The van der Waals surface area contributed by atoms with E-state index >= 15 is 0 Å². The molecule has 0 aliphatic carbocycles. The Balaban J connectivity index is 2.00. The van der Waals surface area contributed by atoms with E-state index in [1.54, 1.807) is 23.9 Å². The fourth-order valence-corrected chi connectivity index (χ4v) is 3.59. The number of benzene rings is 2. The molecule has 0 spiro atoms. The number of aromatic carboxylic acids is 1. The first kappa shape index (κ1) is 17.9. The van der Waals surface area contributed by atoms with Crippen molar-refractivity contribution < 1.29 is 24.2 Å². The lowest BCUT2D eigenvalue weighted by atomic mass is 9.75. The normalized spacial score (nSPS) is 21.1. The molecule has 3 aromatic rings. The third-order valence-corrected chi connectivity index (χ3v) is 4.99. The molecule has 2 unspecified atom stereocenters. The van der Waals surface area contributed by atoms with E-state index in [4.69, 9.17) is 0 Å². The number of anilines is 1. The fourth-order valence-electron chi connectivity index (χ4n) is 3.59. The van der Waals surface area contributed by atoms with Crippen LogP contribution in [0.3, 0.4) is 0 Å². The number of fused-ring (bicyclic) bond motifs is 1. The monoisotopic (exact) mass is 381 g/mol. The smallest absolute Gasteiger partial charge is 0.336 e. The summed E-state index contributed by atoms with van der Waals surface area (Å²) in [6, 6.07) is 8.25. The maximum atomic E-state index is 13.5. The number of nitrogens with one attached hydrogen (secondary N) is 1. The number of nitrogens with zero attached hydrogens (tertiary/aromatic N) is 2. The zero-order chi connectivity index (χ0) is 20.1.